The summed E-state index contributed by atoms with van der Waals surface area (Å²) in [6, 6.07) is 4.36. The van der Waals surface area contributed by atoms with E-state index < -0.39 is 5.82 Å². The molecule has 0 spiro atoms. The number of hydrogen-bond donors (Lipinski definition) is 1. The third-order valence-corrected chi connectivity index (χ3v) is 1.84. The average molecular weight is 191 g/mol. The molecule has 2 N–H and O–H groups in total. The molecule has 2 aromatic rings. The van der Waals surface area contributed by atoms with Crippen molar-refractivity contribution in [2.75, 3.05) is 0 Å². The standard InChI is InChI=1S/C9H6FN3O/c10-6-1-2-7-9(5(6)3-11)14-8(4-12)13-7/h1-2H,4,12H2. The van der Waals surface area contributed by atoms with Crippen LogP contribution >= 0.6 is 0 Å². The fourth-order valence-corrected chi connectivity index (χ4v) is 1.21. The van der Waals surface area contributed by atoms with Gasteiger partial charge in [0.15, 0.2) is 5.58 Å². The molecule has 0 amide bonds. The van der Waals surface area contributed by atoms with Crippen LogP contribution in [0.2, 0.25) is 0 Å². The zero-order valence-electron chi connectivity index (χ0n) is 7.12. The normalized spacial score (nSPS) is 10.4. The number of hydrogen-bond acceptors (Lipinski definition) is 4. The molecule has 1 heterocycles. The Morgan fingerprint density at radius 2 is 2.36 bits per heavy atom. The van der Waals surface area contributed by atoms with Crippen molar-refractivity contribution < 1.29 is 8.81 Å². The lowest BCUT2D eigenvalue weighted by Gasteiger charge is -1.91. The molecule has 0 aliphatic heterocycles. The molecule has 0 saturated heterocycles. The van der Waals surface area contributed by atoms with Crippen molar-refractivity contribution in [2.45, 2.75) is 6.54 Å². The van der Waals surface area contributed by atoms with Gasteiger partial charge in [-0.15, -0.1) is 0 Å². The molecule has 2 rings (SSSR count). The molecule has 0 atom stereocenters. The van der Waals surface area contributed by atoms with Crippen molar-refractivity contribution in [1.29, 1.82) is 5.26 Å². The fraction of sp³-hybridized carbons (Fsp3) is 0.111. The predicted molar refractivity (Wildman–Crippen MR) is 46.6 cm³/mol. The van der Waals surface area contributed by atoms with E-state index in [0.29, 0.717) is 11.4 Å². The van der Waals surface area contributed by atoms with E-state index in [1.54, 1.807) is 6.07 Å². The number of nitrogens with zero attached hydrogens (tertiary/aromatic N) is 2. The number of nitrogens with two attached hydrogens (primary N) is 1. The van der Waals surface area contributed by atoms with E-state index in [2.05, 4.69) is 4.98 Å². The Morgan fingerprint density at radius 1 is 1.57 bits per heavy atom. The van der Waals surface area contributed by atoms with Crippen molar-refractivity contribution in [3.63, 3.8) is 0 Å². The highest BCUT2D eigenvalue weighted by molar-refractivity contribution is 5.79. The number of oxazole rings is 1. The van der Waals surface area contributed by atoms with Gasteiger partial charge >= 0.3 is 0 Å². The largest absolute Gasteiger partial charge is 0.438 e. The van der Waals surface area contributed by atoms with E-state index in [1.165, 1.54) is 12.1 Å². The van der Waals surface area contributed by atoms with Gasteiger partial charge in [0.05, 0.1) is 6.54 Å². The van der Waals surface area contributed by atoms with Crippen LogP contribution in [0, 0.1) is 17.1 Å². The highest BCUT2D eigenvalue weighted by atomic mass is 19.1. The average Bonchev–Trinajstić information content (AvgIpc) is 2.60. The monoisotopic (exact) mass is 191 g/mol. The Morgan fingerprint density at radius 3 is 3.00 bits per heavy atom. The molecule has 14 heavy (non-hydrogen) atoms. The Bertz CT molecular complexity index is 527. The summed E-state index contributed by atoms with van der Waals surface area (Å²) < 4.78 is 18.2. The Kier molecular flexibility index (Phi) is 1.91. The van der Waals surface area contributed by atoms with Crippen molar-refractivity contribution >= 4 is 11.1 Å². The molecule has 1 aromatic heterocycles. The first-order valence-corrected chi connectivity index (χ1v) is 3.94. The van der Waals surface area contributed by atoms with Gasteiger partial charge in [-0.25, -0.2) is 9.37 Å². The van der Waals surface area contributed by atoms with E-state index in [0.717, 1.165) is 0 Å². The molecule has 70 valence electrons. The minimum Gasteiger partial charge on any atom is -0.438 e. The zero-order chi connectivity index (χ0) is 10.1. The number of fused-ring (bicyclic) bond motifs is 1. The van der Waals surface area contributed by atoms with Gasteiger partial charge in [0.2, 0.25) is 5.89 Å². The maximum absolute atomic E-state index is 13.1. The molecule has 0 unspecified atom stereocenters. The second-order valence-corrected chi connectivity index (χ2v) is 2.69. The lowest BCUT2D eigenvalue weighted by molar-refractivity contribution is 0.529. The summed E-state index contributed by atoms with van der Waals surface area (Å²) >= 11 is 0. The Hall–Kier alpha value is -1.93. The highest BCUT2D eigenvalue weighted by Gasteiger charge is 2.12. The second-order valence-electron chi connectivity index (χ2n) is 2.69. The summed E-state index contributed by atoms with van der Waals surface area (Å²) in [6.45, 7) is 0.126. The molecule has 0 bridgehead atoms. The second kappa shape index (κ2) is 3.09. The van der Waals surface area contributed by atoms with Gasteiger partial charge in [-0.1, -0.05) is 0 Å². The van der Waals surface area contributed by atoms with Crippen LogP contribution in [0.3, 0.4) is 0 Å². The molecule has 5 heteroatoms. The van der Waals surface area contributed by atoms with Crippen molar-refractivity contribution in [3.8, 4) is 6.07 Å². The minimum absolute atomic E-state index is 0.126. The number of rotatable bonds is 1. The van der Waals surface area contributed by atoms with Crippen LogP contribution in [-0.4, -0.2) is 4.98 Å². The summed E-state index contributed by atoms with van der Waals surface area (Å²) in [5.41, 5.74) is 5.79. The van der Waals surface area contributed by atoms with Gasteiger partial charge in [0, 0.05) is 0 Å². The molecule has 0 aliphatic rings. The molecule has 0 saturated carbocycles. The molecule has 0 fully saturated rings. The summed E-state index contributed by atoms with van der Waals surface area (Å²) in [7, 11) is 0. The van der Waals surface area contributed by atoms with Crippen LogP contribution < -0.4 is 5.73 Å². The van der Waals surface area contributed by atoms with Gasteiger partial charge in [-0.05, 0) is 12.1 Å². The van der Waals surface area contributed by atoms with Gasteiger partial charge in [-0.2, -0.15) is 5.26 Å². The predicted octanol–water partition coefficient (Wildman–Crippen LogP) is 1.30. The SMILES string of the molecule is N#Cc1c(F)ccc2nc(CN)oc12. The van der Waals surface area contributed by atoms with Crippen LogP contribution in [0.1, 0.15) is 11.5 Å². The first-order valence-electron chi connectivity index (χ1n) is 3.94. The summed E-state index contributed by atoms with van der Waals surface area (Å²) in [6.07, 6.45) is 0. The van der Waals surface area contributed by atoms with Gasteiger partial charge in [-0.3, -0.25) is 0 Å². The zero-order valence-corrected chi connectivity index (χ0v) is 7.12. The van der Waals surface area contributed by atoms with Gasteiger partial charge < -0.3 is 10.2 Å². The highest BCUT2D eigenvalue weighted by Crippen LogP contribution is 2.21. The Labute approximate surface area is 78.8 Å². The molecule has 1 aromatic carbocycles. The lowest BCUT2D eigenvalue weighted by atomic mass is 10.2. The summed E-state index contributed by atoms with van der Waals surface area (Å²) in [5, 5.41) is 8.69. The maximum atomic E-state index is 13.1. The van der Waals surface area contributed by atoms with Crippen LogP contribution in [-0.2, 0) is 6.54 Å². The quantitative estimate of drug-likeness (QED) is 0.736. The van der Waals surface area contributed by atoms with E-state index in [9.17, 15) is 4.39 Å². The Balaban J connectivity index is 2.81. The number of aromatic nitrogens is 1. The van der Waals surface area contributed by atoms with E-state index in [-0.39, 0.29) is 17.7 Å². The van der Waals surface area contributed by atoms with E-state index in [1.807, 2.05) is 0 Å². The third kappa shape index (κ3) is 1.13. The molecule has 4 nitrogen and oxygen atoms in total. The fourth-order valence-electron chi connectivity index (χ4n) is 1.21. The topological polar surface area (TPSA) is 75.8 Å². The molecular formula is C9H6FN3O. The van der Waals surface area contributed by atoms with Gasteiger partial charge in [0.25, 0.3) is 0 Å². The molecule has 0 aliphatic carbocycles. The number of halogens is 1. The number of benzene rings is 1. The summed E-state index contributed by atoms with van der Waals surface area (Å²) in [5.74, 6) is -0.318. The van der Waals surface area contributed by atoms with E-state index >= 15 is 0 Å². The minimum atomic E-state index is -0.611. The maximum Gasteiger partial charge on any atom is 0.209 e. The first-order chi connectivity index (χ1) is 6.76. The van der Waals surface area contributed by atoms with Crippen LogP contribution in [0.4, 0.5) is 4.39 Å². The van der Waals surface area contributed by atoms with Gasteiger partial charge in [0.1, 0.15) is 23.0 Å². The smallest absolute Gasteiger partial charge is 0.209 e. The van der Waals surface area contributed by atoms with Crippen LogP contribution in [0.15, 0.2) is 16.5 Å². The third-order valence-electron chi connectivity index (χ3n) is 1.84. The lowest BCUT2D eigenvalue weighted by Crippen LogP contribution is -1.94. The first kappa shape index (κ1) is 8.66. The van der Waals surface area contributed by atoms with Crippen molar-refractivity contribution in [3.05, 3.63) is 29.4 Å². The van der Waals surface area contributed by atoms with Crippen molar-refractivity contribution in [1.82, 2.24) is 4.98 Å². The van der Waals surface area contributed by atoms with Crippen molar-refractivity contribution in [2.24, 2.45) is 5.73 Å². The molecular weight excluding hydrogens is 185 g/mol. The van der Waals surface area contributed by atoms with Crippen LogP contribution in [0.25, 0.3) is 11.1 Å². The number of nitriles is 1. The summed E-state index contributed by atoms with van der Waals surface area (Å²) in [4.78, 5) is 3.97. The van der Waals surface area contributed by atoms with Crippen LogP contribution in [0.5, 0.6) is 0 Å². The molecule has 0 radical (unpaired) electrons. The van der Waals surface area contributed by atoms with E-state index in [4.69, 9.17) is 15.4 Å².